The van der Waals surface area contributed by atoms with Crippen LogP contribution in [0, 0.1) is 0 Å². The van der Waals surface area contributed by atoms with Gasteiger partial charge in [0.25, 0.3) is 0 Å². The van der Waals surface area contributed by atoms with E-state index in [1.165, 1.54) is 0 Å². The molecule has 1 amide bonds. The minimum atomic E-state index is 0.153. The lowest BCUT2D eigenvalue weighted by molar-refractivity contribution is -0.130. The highest BCUT2D eigenvalue weighted by molar-refractivity contribution is 5.77. The summed E-state index contributed by atoms with van der Waals surface area (Å²) in [5.41, 5.74) is 1.08. The molecule has 0 aromatic heterocycles. The van der Waals surface area contributed by atoms with Gasteiger partial charge in [-0.3, -0.25) is 4.79 Å². The van der Waals surface area contributed by atoms with E-state index < -0.39 is 0 Å². The molecule has 0 aliphatic heterocycles. The molecule has 1 rings (SSSR count). The summed E-state index contributed by atoms with van der Waals surface area (Å²) in [4.78, 5) is 13.9. The molecule has 19 heavy (non-hydrogen) atoms. The van der Waals surface area contributed by atoms with Crippen molar-refractivity contribution in [1.29, 1.82) is 0 Å². The van der Waals surface area contributed by atoms with Gasteiger partial charge in [-0.05, 0) is 24.6 Å². The average molecular weight is 264 g/mol. The fraction of sp³-hybridized carbons (Fsp3) is 0.533. The molecule has 0 saturated carbocycles. The van der Waals surface area contributed by atoms with Crippen molar-refractivity contribution in [2.24, 2.45) is 0 Å². The van der Waals surface area contributed by atoms with Crippen molar-refractivity contribution in [3.63, 3.8) is 0 Å². The van der Waals surface area contributed by atoms with Gasteiger partial charge in [-0.2, -0.15) is 0 Å². The monoisotopic (exact) mass is 264 g/mol. The van der Waals surface area contributed by atoms with Crippen molar-refractivity contribution >= 4 is 5.91 Å². The maximum absolute atomic E-state index is 12.1. The molecule has 0 bridgehead atoms. The van der Waals surface area contributed by atoms with Crippen molar-refractivity contribution < 1.29 is 9.53 Å². The molecule has 1 aromatic rings. The van der Waals surface area contributed by atoms with E-state index in [-0.39, 0.29) is 11.8 Å². The van der Waals surface area contributed by atoms with E-state index in [0.717, 1.165) is 24.4 Å². The van der Waals surface area contributed by atoms with Crippen LogP contribution < -0.4 is 10.1 Å². The molecule has 1 atom stereocenters. The lowest BCUT2D eigenvalue weighted by atomic mass is 9.96. The number of rotatable bonds is 7. The van der Waals surface area contributed by atoms with Crippen LogP contribution >= 0.6 is 0 Å². The number of para-hydroxylation sites is 1. The molecule has 1 aromatic carbocycles. The zero-order valence-electron chi connectivity index (χ0n) is 12.3. The summed E-state index contributed by atoms with van der Waals surface area (Å²) in [7, 11) is 5.39. The summed E-state index contributed by atoms with van der Waals surface area (Å²) in [5.74, 6) is 1.16. The summed E-state index contributed by atoms with van der Waals surface area (Å²) in [6, 6.07) is 7.87. The predicted octanol–water partition coefficient (Wildman–Crippen LogP) is 1.87. The van der Waals surface area contributed by atoms with Crippen molar-refractivity contribution in [3.05, 3.63) is 29.8 Å². The zero-order valence-corrected chi connectivity index (χ0v) is 12.3. The normalized spacial score (nSPS) is 12.0. The molecular weight excluding hydrogens is 240 g/mol. The molecule has 1 unspecified atom stereocenters. The number of carbonyl (C=O) groups excluding carboxylic acids is 1. The fourth-order valence-corrected chi connectivity index (χ4v) is 2.01. The van der Waals surface area contributed by atoms with E-state index in [0.29, 0.717) is 6.42 Å². The van der Waals surface area contributed by atoms with Gasteiger partial charge >= 0.3 is 0 Å². The number of amides is 1. The van der Waals surface area contributed by atoms with Crippen molar-refractivity contribution in [1.82, 2.24) is 10.2 Å². The minimum absolute atomic E-state index is 0.153. The van der Waals surface area contributed by atoms with Crippen LogP contribution in [0.2, 0.25) is 0 Å². The first-order valence-electron chi connectivity index (χ1n) is 6.61. The van der Waals surface area contributed by atoms with E-state index in [4.69, 9.17) is 4.74 Å². The smallest absolute Gasteiger partial charge is 0.222 e. The minimum Gasteiger partial charge on any atom is -0.496 e. The topological polar surface area (TPSA) is 41.6 Å². The molecule has 0 fully saturated rings. The lowest BCUT2D eigenvalue weighted by Crippen LogP contribution is -2.33. The molecule has 4 nitrogen and oxygen atoms in total. The number of ether oxygens (including phenoxy) is 1. The average Bonchev–Trinajstić information content (AvgIpc) is 2.44. The van der Waals surface area contributed by atoms with Gasteiger partial charge in [0.05, 0.1) is 7.11 Å². The summed E-state index contributed by atoms with van der Waals surface area (Å²) < 4.78 is 5.34. The first kappa shape index (κ1) is 15.5. The van der Waals surface area contributed by atoms with Crippen molar-refractivity contribution in [3.8, 4) is 5.75 Å². The maximum atomic E-state index is 12.1. The molecule has 0 heterocycles. The van der Waals surface area contributed by atoms with Crippen molar-refractivity contribution in [2.45, 2.75) is 19.3 Å². The highest BCUT2D eigenvalue weighted by Gasteiger charge is 2.17. The van der Waals surface area contributed by atoms with Gasteiger partial charge in [-0.15, -0.1) is 0 Å². The SMILES string of the molecule is CNCCN(C)C(=O)CC(C)c1ccccc1OC. The molecule has 1 N–H and O–H groups in total. The molecule has 106 valence electrons. The third kappa shape index (κ3) is 4.56. The Morgan fingerprint density at radius 3 is 2.74 bits per heavy atom. The molecule has 0 aliphatic carbocycles. The van der Waals surface area contributed by atoms with Crippen LogP contribution in [0.4, 0.5) is 0 Å². The zero-order chi connectivity index (χ0) is 14.3. The second-order valence-electron chi connectivity index (χ2n) is 4.77. The summed E-state index contributed by atoms with van der Waals surface area (Å²) in [6.45, 7) is 3.60. The number of hydrogen-bond acceptors (Lipinski definition) is 3. The van der Waals surface area contributed by atoms with E-state index in [1.807, 2.05) is 38.4 Å². The van der Waals surface area contributed by atoms with E-state index in [1.54, 1.807) is 12.0 Å². The Balaban J connectivity index is 2.63. The Labute approximate surface area is 115 Å². The van der Waals surface area contributed by atoms with Crippen LogP contribution in [0.25, 0.3) is 0 Å². The summed E-state index contributed by atoms with van der Waals surface area (Å²) in [5, 5.41) is 3.04. The molecule has 4 heteroatoms. The first-order chi connectivity index (χ1) is 9.10. The fourth-order valence-electron chi connectivity index (χ4n) is 2.01. The Morgan fingerprint density at radius 1 is 1.42 bits per heavy atom. The standard InChI is InChI=1S/C15H24N2O2/c1-12(11-15(18)17(3)10-9-16-2)13-7-5-6-8-14(13)19-4/h5-8,12,16H,9-11H2,1-4H3. The largest absolute Gasteiger partial charge is 0.496 e. The van der Waals surface area contributed by atoms with Crippen LogP contribution in [0.3, 0.4) is 0 Å². The highest BCUT2D eigenvalue weighted by Crippen LogP contribution is 2.28. The van der Waals surface area contributed by atoms with Gasteiger partial charge in [0, 0.05) is 26.6 Å². The van der Waals surface area contributed by atoms with E-state index in [2.05, 4.69) is 12.2 Å². The summed E-state index contributed by atoms with van der Waals surface area (Å²) in [6.07, 6.45) is 0.501. The number of benzene rings is 1. The molecule has 0 radical (unpaired) electrons. The second kappa shape index (κ2) is 7.79. The van der Waals surface area contributed by atoms with Crippen LogP contribution in [-0.4, -0.2) is 45.1 Å². The Bertz CT molecular complexity index is 407. The first-order valence-corrected chi connectivity index (χ1v) is 6.61. The Morgan fingerprint density at radius 2 is 2.11 bits per heavy atom. The number of likely N-dealkylation sites (N-methyl/N-ethyl adjacent to an activating group) is 2. The quantitative estimate of drug-likeness (QED) is 0.817. The molecule has 0 aliphatic rings. The van der Waals surface area contributed by atoms with Gasteiger partial charge in [0.1, 0.15) is 5.75 Å². The second-order valence-corrected chi connectivity index (χ2v) is 4.77. The van der Waals surface area contributed by atoms with E-state index in [9.17, 15) is 4.79 Å². The molecular formula is C15H24N2O2. The van der Waals surface area contributed by atoms with Gasteiger partial charge in [-0.1, -0.05) is 25.1 Å². The third-order valence-electron chi connectivity index (χ3n) is 3.27. The molecule has 0 saturated heterocycles. The Hall–Kier alpha value is -1.55. The van der Waals surface area contributed by atoms with Gasteiger partial charge in [0.2, 0.25) is 5.91 Å². The molecule has 0 spiro atoms. The Kier molecular flexibility index (Phi) is 6.36. The number of methoxy groups -OCH3 is 1. The summed E-state index contributed by atoms with van der Waals surface area (Å²) >= 11 is 0. The van der Waals surface area contributed by atoms with Gasteiger partial charge < -0.3 is 15.0 Å². The van der Waals surface area contributed by atoms with Crippen LogP contribution in [0.1, 0.15) is 24.8 Å². The predicted molar refractivity (Wildman–Crippen MR) is 77.6 cm³/mol. The highest BCUT2D eigenvalue weighted by atomic mass is 16.5. The third-order valence-corrected chi connectivity index (χ3v) is 3.27. The van der Waals surface area contributed by atoms with Gasteiger partial charge in [0.15, 0.2) is 0 Å². The van der Waals surface area contributed by atoms with Crippen LogP contribution in [-0.2, 0) is 4.79 Å². The maximum Gasteiger partial charge on any atom is 0.222 e. The van der Waals surface area contributed by atoms with Gasteiger partial charge in [-0.25, -0.2) is 0 Å². The van der Waals surface area contributed by atoms with Crippen LogP contribution in [0.15, 0.2) is 24.3 Å². The van der Waals surface area contributed by atoms with Crippen molar-refractivity contribution in [2.75, 3.05) is 34.3 Å². The van der Waals surface area contributed by atoms with E-state index >= 15 is 0 Å². The number of nitrogens with zero attached hydrogens (tertiary/aromatic N) is 1. The lowest BCUT2D eigenvalue weighted by Gasteiger charge is -2.20. The van der Waals surface area contributed by atoms with Crippen LogP contribution in [0.5, 0.6) is 5.75 Å². The number of hydrogen-bond donors (Lipinski definition) is 1. The number of nitrogens with one attached hydrogen (secondary N) is 1. The number of carbonyl (C=O) groups is 1.